The molecule has 2 N–H and O–H groups in total. The molecule has 7 heteroatoms. The standard InChI is InChI=1S/C20H25F2N3O2/c1-23-20(24-12-6-9-15-7-4-3-5-8-15)25-14-16-10-11-17(26-2)18(13-16)27-19(21)22/h3-5,7-8,10-11,13,19H,6,9,12,14H2,1-2H3,(H2,23,24,25). The van der Waals surface area contributed by atoms with Crippen molar-refractivity contribution in [3.63, 3.8) is 0 Å². The first kappa shape index (κ1) is 20.5. The second-order valence-electron chi connectivity index (χ2n) is 5.81. The van der Waals surface area contributed by atoms with Crippen molar-refractivity contribution in [1.29, 1.82) is 0 Å². The normalized spacial score (nSPS) is 11.4. The van der Waals surface area contributed by atoms with Gasteiger partial charge in [-0.3, -0.25) is 4.99 Å². The molecule has 0 radical (unpaired) electrons. The summed E-state index contributed by atoms with van der Waals surface area (Å²) in [7, 11) is 3.10. The van der Waals surface area contributed by atoms with Crippen molar-refractivity contribution in [3.8, 4) is 11.5 Å². The zero-order valence-electron chi connectivity index (χ0n) is 15.5. The number of hydrogen-bond acceptors (Lipinski definition) is 3. The van der Waals surface area contributed by atoms with Gasteiger partial charge in [-0.2, -0.15) is 8.78 Å². The fourth-order valence-electron chi connectivity index (χ4n) is 2.57. The Labute approximate surface area is 158 Å². The van der Waals surface area contributed by atoms with E-state index in [4.69, 9.17) is 4.74 Å². The number of nitrogens with one attached hydrogen (secondary N) is 2. The molecular weight excluding hydrogens is 352 g/mol. The summed E-state index contributed by atoms with van der Waals surface area (Å²) in [5.74, 6) is 0.926. The molecule has 0 unspecified atom stereocenters. The monoisotopic (exact) mass is 377 g/mol. The third-order valence-electron chi connectivity index (χ3n) is 3.91. The van der Waals surface area contributed by atoms with Gasteiger partial charge in [0.1, 0.15) is 0 Å². The third-order valence-corrected chi connectivity index (χ3v) is 3.91. The third kappa shape index (κ3) is 7.13. The van der Waals surface area contributed by atoms with Gasteiger partial charge in [0.2, 0.25) is 0 Å². The van der Waals surface area contributed by atoms with Crippen LogP contribution in [0.3, 0.4) is 0 Å². The van der Waals surface area contributed by atoms with Gasteiger partial charge in [-0.05, 0) is 36.1 Å². The molecule has 0 spiro atoms. The van der Waals surface area contributed by atoms with Crippen LogP contribution < -0.4 is 20.1 Å². The number of halogens is 2. The van der Waals surface area contributed by atoms with E-state index < -0.39 is 6.61 Å². The highest BCUT2D eigenvalue weighted by atomic mass is 19.3. The summed E-state index contributed by atoms with van der Waals surface area (Å²) < 4.78 is 34.6. The highest BCUT2D eigenvalue weighted by Crippen LogP contribution is 2.29. The Morgan fingerprint density at radius 2 is 1.81 bits per heavy atom. The van der Waals surface area contributed by atoms with E-state index in [0.29, 0.717) is 12.5 Å². The van der Waals surface area contributed by atoms with Crippen LogP contribution in [-0.2, 0) is 13.0 Å². The van der Waals surface area contributed by atoms with Crippen LogP contribution in [0.5, 0.6) is 11.5 Å². The molecule has 2 rings (SSSR count). The number of aliphatic imine (C=N–C) groups is 1. The van der Waals surface area contributed by atoms with E-state index in [1.54, 1.807) is 19.2 Å². The maximum absolute atomic E-state index is 12.5. The lowest BCUT2D eigenvalue weighted by Gasteiger charge is -2.14. The van der Waals surface area contributed by atoms with Gasteiger partial charge >= 0.3 is 6.61 Å². The van der Waals surface area contributed by atoms with Crippen LogP contribution in [-0.4, -0.2) is 33.3 Å². The van der Waals surface area contributed by atoms with E-state index in [9.17, 15) is 8.78 Å². The molecule has 2 aromatic carbocycles. The minimum atomic E-state index is -2.90. The smallest absolute Gasteiger partial charge is 0.387 e. The first-order chi connectivity index (χ1) is 13.1. The van der Waals surface area contributed by atoms with Gasteiger partial charge in [0, 0.05) is 20.1 Å². The molecule has 5 nitrogen and oxygen atoms in total. The number of benzene rings is 2. The van der Waals surface area contributed by atoms with Crippen molar-refractivity contribution in [2.45, 2.75) is 26.0 Å². The van der Waals surface area contributed by atoms with Crippen LogP contribution in [0, 0.1) is 0 Å². The van der Waals surface area contributed by atoms with E-state index in [1.165, 1.54) is 18.7 Å². The molecule has 0 atom stereocenters. The van der Waals surface area contributed by atoms with Gasteiger partial charge in [0.25, 0.3) is 0 Å². The van der Waals surface area contributed by atoms with Gasteiger partial charge < -0.3 is 20.1 Å². The van der Waals surface area contributed by atoms with Gasteiger partial charge in [-0.1, -0.05) is 36.4 Å². The van der Waals surface area contributed by atoms with E-state index in [2.05, 4.69) is 32.5 Å². The van der Waals surface area contributed by atoms with E-state index in [-0.39, 0.29) is 11.5 Å². The predicted molar refractivity (Wildman–Crippen MR) is 103 cm³/mol. The second-order valence-corrected chi connectivity index (χ2v) is 5.81. The molecule has 0 bridgehead atoms. The maximum atomic E-state index is 12.5. The highest BCUT2D eigenvalue weighted by Gasteiger charge is 2.11. The molecule has 0 saturated heterocycles. The number of methoxy groups -OCH3 is 1. The SMILES string of the molecule is CN=C(NCCCc1ccccc1)NCc1ccc(OC)c(OC(F)F)c1. The molecule has 2 aromatic rings. The summed E-state index contributed by atoms with van der Waals surface area (Å²) in [6, 6.07) is 15.2. The Hall–Kier alpha value is -2.83. The molecule has 0 saturated carbocycles. The van der Waals surface area contributed by atoms with Crippen LogP contribution in [0.4, 0.5) is 8.78 Å². The Balaban J connectivity index is 1.81. The molecule has 0 aliphatic rings. The fraction of sp³-hybridized carbons (Fsp3) is 0.350. The lowest BCUT2D eigenvalue weighted by molar-refractivity contribution is -0.0512. The maximum Gasteiger partial charge on any atom is 0.387 e. The number of ether oxygens (including phenoxy) is 2. The van der Waals surface area contributed by atoms with Crippen molar-refractivity contribution in [3.05, 3.63) is 59.7 Å². The largest absolute Gasteiger partial charge is 0.493 e. The quantitative estimate of drug-likeness (QED) is 0.398. The number of alkyl halides is 2. The van der Waals surface area contributed by atoms with Crippen molar-refractivity contribution in [2.75, 3.05) is 20.7 Å². The summed E-state index contributed by atoms with van der Waals surface area (Å²) in [5.41, 5.74) is 2.07. The van der Waals surface area contributed by atoms with Gasteiger partial charge in [-0.15, -0.1) is 0 Å². The van der Waals surface area contributed by atoms with Crippen molar-refractivity contribution in [2.24, 2.45) is 4.99 Å². The Morgan fingerprint density at radius 3 is 2.48 bits per heavy atom. The summed E-state index contributed by atoms with van der Waals surface area (Å²) >= 11 is 0. The second kappa shape index (κ2) is 11.0. The number of rotatable bonds is 9. The molecule has 0 amide bonds. The lowest BCUT2D eigenvalue weighted by Crippen LogP contribution is -2.37. The number of guanidine groups is 1. The van der Waals surface area contributed by atoms with Gasteiger partial charge in [0.05, 0.1) is 7.11 Å². The summed E-state index contributed by atoms with van der Waals surface area (Å²) in [6.07, 6.45) is 1.96. The zero-order chi connectivity index (χ0) is 19.5. The minimum absolute atomic E-state index is 0.0117. The van der Waals surface area contributed by atoms with E-state index >= 15 is 0 Å². The topological polar surface area (TPSA) is 54.9 Å². The molecule has 0 aromatic heterocycles. The van der Waals surface area contributed by atoms with Crippen LogP contribution in [0.1, 0.15) is 17.5 Å². The van der Waals surface area contributed by atoms with E-state index in [0.717, 1.165) is 24.9 Å². The summed E-state index contributed by atoms with van der Waals surface area (Å²) in [6.45, 7) is -1.71. The molecule has 0 fully saturated rings. The summed E-state index contributed by atoms with van der Waals surface area (Å²) in [5, 5.41) is 6.40. The molecule has 27 heavy (non-hydrogen) atoms. The first-order valence-electron chi connectivity index (χ1n) is 8.72. The molecular formula is C20H25F2N3O2. The van der Waals surface area contributed by atoms with Crippen LogP contribution in [0.25, 0.3) is 0 Å². The van der Waals surface area contributed by atoms with Crippen molar-refractivity contribution < 1.29 is 18.3 Å². The minimum Gasteiger partial charge on any atom is -0.493 e. The van der Waals surface area contributed by atoms with Crippen LogP contribution in [0.2, 0.25) is 0 Å². The van der Waals surface area contributed by atoms with Crippen LogP contribution >= 0.6 is 0 Å². The Kier molecular flexibility index (Phi) is 8.35. The van der Waals surface area contributed by atoms with Gasteiger partial charge in [0.15, 0.2) is 17.5 Å². The van der Waals surface area contributed by atoms with Gasteiger partial charge in [-0.25, -0.2) is 0 Å². The summed E-state index contributed by atoms with van der Waals surface area (Å²) in [4.78, 5) is 4.17. The number of nitrogens with zero attached hydrogens (tertiary/aromatic N) is 1. The van der Waals surface area contributed by atoms with Crippen molar-refractivity contribution >= 4 is 5.96 Å². The van der Waals surface area contributed by atoms with Crippen molar-refractivity contribution in [1.82, 2.24) is 10.6 Å². The zero-order valence-corrected chi connectivity index (χ0v) is 15.5. The Bertz CT molecular complexity index is 724. The average molecular weight is 377 g/mol. The number of hydrogen-bond donors (Lipinski definition) is 2. The average Bonchev–Trinajstić information content (AvgIpc) is 2.68. The molecule has 0 heterocycles. The molecule has 0 aliphatic heterocycles. The van der Waals surface area contributed by atoms with E-state index in [1.807, 2.05) is 18.2 Å². The molecule has 146 valence electrons. The fourth-order valence-corrected chi connectivity index (χ4v) is 2.57. The van der Waals surface area contributed by atoms with Crippen LogP contribution in [0.15, 0.2) is 53.5 Å². The Morgan fingerprint density at radius 1 is 1.04 bits per heavy atom. The lowest BCUT2D eigenvalue weighted by atomic mass is 10.1. The molecule has 0 aliphatic carbocycles. The number of aryl methyl sites for hydroxylation is 1. The highest BCUT2D eigenvalue weighted by molar-refractivity contribution is 5.79. The first-order valence-corrected chi connectivity index (χ1v) is 8.72. The predicted octanol–water partition coefficient (Wildman–Crippen LogP) is 3.59.